The second-order valence-corrected chi connectivity index (χ2v) is 5.63. The topological polar surface area (TPSA) is 138 Å². The van der Waals surface area contributed by atoms with Crippen LogP contribution in [0.15, 0.2) is 48.7 Å². The first-order valence-corrected chi connectivity index (χ1v) is 8.17. The summed E-state index contributed by atoms with van der Waals surface area (Å²) in [6.45, 7) is 1.94. The van der Waals surface area contributed by atoms with Crippen molar-refractivity contribution in [1.82, 2.24) is 4.98 Å². The SMILES string of the molecule is CCOC(=O)c1ccc(Nc2c([N+](=O)[O-])cc([N+](=O)[O-])c3cccnc23)cc1. The molecule has 3 rings (SSSR count). The van der Waals surface area contributed by atoms with Gasteiger partial charge in [0.15, 0.2) is 0 Å². The number of carbonyl (C=O) groups excluding carboxylic acids is 1. The van der Waals surface area contributed by atoms with Crippen LogP contribution in [-0.2, 0) is 4.74 Å². The number of rotatable bonds is 6. The van der Waals surface area contributed by atoms with Crippen LogP contribution in [0, 0.1) is 20.2 Å². The molecule has 2 aromatic carbocycles. The number of hydrogen-bond acceptors (Lipinski definition) is 8. The Balaban J connectivity index is 2.09. The molecule has 0 bridgehead atoms. The van der Waals surface area contributed by atoms with Crippen LogP contribution < -0.4 is 5.32 Å². The molecule has 0 aliphatic rings. The Bertz CT molecular complexity index is 1080. The summed E-state index contributed by atoms with van der Waals surface area (Å²) in [6.07, 6.45) is 1.39. The molecule has 0 radical (unpaired) electrons. The quantitative estimate of drug-likeness (QED) is 0.384. The van der Waals surface area contributed by atoms with Crippen LogP contribution in [0.5, 0.6) is 0 Å². The highest BCUT2D eigenvalue weighted by molar-refractivity contribution is 6.02. The first kappa shape index (κ1) is 18.7. The van der Waals surface area contributed by atoms with Gasteiger partial charge >= 0.3 is 11.7 Å². The van der Waals surface area contributed by atoms with E-state index in [0.29, 0.717) is 11.3 Å². The van der Waals surface area contributed by atoms with Crippen molar-refractivity contribution in [3.05, 3.63) is 74.5 Å². The standard InChI is InChI=1S/C18H14N4O6/c1-2-28-18(23)11-5-7-12(8-6-11)20-17-15(22(26)27)10-14(21(24)25)13-4-3-9-19-16(13)17/h3-10,20H,2H2,1H3. The van der Waals surface area contributed by atoms with E-state index >= 15 is 0 Å². The van der Waals surface area contributed by atoms with Crippen molar-refractivity contribution >= 4 is 39.6 Å². The molecule has 0 amide bonds. The number of fused-ring (bicyclic) bond motifs is 1. The van der Waals surface area contributed by atoms with E-state index in [2.05, 4.69) is 10.3 Å². The van der Waals surface area contributed by atoms with Gasteiger partial charge in [-0.25, -0.2) is 4.79 Å². The molecule has 10 nitrogen and oxygen atoms in total. The number of esters is 1. The van der Waals surface area contributed by atoms with Crippen LogP contribution in [0.4, 0.5) is 22.7 Å². The van der Waals surface area contributed by atoms with Crippen molar-refractivity contribution in [2.24, 2.45) is 0 Å². The Morgan fingerprint density at radius 1 is 1.11 bits per heavy atom. The zero-order valence-electron chi connectivity index (χ0n) is 14.6. The van der Waals surface area contributed by atoms with Gasteiger partial charge in [-0.1, -0.05) is 0 Å². The van der Waals surface area contributed by atoms with Gasteiger partial charge in [0.1, 0.15) is 11.2 Å². The average molecular weight is 382 g/mol. The fraction of sp³-hybridized carbons (Fsp3) is 0.111. The van der Waals surface area contributed by atoms with Crippen molar-refractivity contribution in [2.75, 3.05) is 11.9 Å². The summed E-state index contributed by atoms with van der Waals surface area (Å²) < 4.78 is 4.91. The summed E-state index contributed by atoms with van der Waals surface area (Å²) in [7, 11) is 0. The Hall–Kier alpha value is -4.08. The molecular formula is C18H14N4O6. The normalized spacial score (nSPS) is 10.5. The lowest BCUT2D eigenvalue weighted by atomic mass is 10.1. The summed E-state index contributed by atoms with van der Waals surface area (Å²) in [5, 5.41) is 25.9. The van der Waals surface area contributed by atoms with E-state index in [-0.39, 0.29) is 23.2 Å². The van der Waals surface area contributed by atoms with Gasteiger partial charge in [-0.05, 0) is 43.3 Å². The number of nitro groups is 2. The summed E-state index contributed by atoms with van der Waals surface area (Å²) in [4.78, 5) is 37.2. The molecule has 10 heteroatoms. The van der Waals surface area contributed by atoms with E-state index in [0.717, 1.165) is 6.07 Å². The molecule has 3 aromatic rings. The Morgan fingerprint density at radius 2 is 1.79 bits per heavy atom. The molecule has 1 heterocycles. The maximum atomic E-state index is 11.7. The van der Waals surface area contributed by atoms with E-state index in [4.69, 9.17) is 4.74 Å². The molecule has 28 heavy (non-hydrogen) atoms. The van der Waals surface area contributed by atoms with Gasteiger partial charge in [0.2, 0.25) is 0 Å². The highest BCUT2D eigenvalue weighted by Crippen LogP contribution is 2.39. The molecule has 1 N–H and O–H groups in total. The molecule has 0 fully saturated rings. The van der Waals surface area contributed by atoms with E-state index in [1.54, 1.807) is 19.1 Å². The van der Waals surface area contributed by atoms with E-state index in [1.165, 1.54) is 30.5 Å². The largest absolute Gasteiger partial charge is 0.462 e. The Kier molecular flexibility index (Phi) is 5.12. The predicted octanol–water partition coefficient (Wildman–Crippen LogP) is 3.97. The maximum absolute atomic E-state index is 11.7. The molecule has 142 valence electrons. The van der Waals surface area contributed by atoms with Crippen LogP contribution >= 0.6 is 0 Å². The zero-order valence-corrected chi connectivity index (χ0v) is 14.6. The number of hydrogen-bond donors (Lipinski definition) is 1. The highest BCUT2D eigenvalue weighted by atomic mass is 16.6. The minimum absolute atomic E-state index is 0.0232. The lowest BCUT2D eigenvalue weighted by Crippen LogP contribution is -2.05. The van der Waals surface area contributed by atoms with E-state index in [1.807, 2.05) is 0 Å². The van der Waals surface area contributed by atoms with Gasteiger partial charge in [0, 0.05) is 11.9 Å². The van der Waals surface area contributed by atoms with Crippen LogP contribution in [0.25, 0.3) is 10.9 Å². The number of nitrogens with zero attached hydrogens (tertiary/aromatic N) is 3. The van der Waals surface area contributed by atoms with Gasteiger partial charge < -0.3 is 10.1 Å². The van der Waals surface area contributed by atoms with Crippen LogP contribution in [0.2, 0.25) is 0 Å². The van der Waals surface area contributed by atoms with Crippen molar-refractivity contribution in [3.63, 3.8) is 0 Å². The number of non-ortho nitro benzene ring substituents is 1. The first-order valence-electron chi connectivity index (χ1n) is 8.17. The monoisotopic (exact) mass is 382 g/mol. The fourth-order valence-electron chi connectivity index (χ4n) is 2.68. The van der Waals surface area contributed by atoms with Crippen molar-refractivity contribution in [2.45, 2.75) is 6.92 Å². The number of aromatic nitrogens is 1. The molecule has 0 atom stereocenters. The van der Waals surface area contributed by atoms with E-state index < -0.39 is 27.2 Å². The number of nitro benzene ring substituents is 2. The number of pyridine rings is 1. The van der Waals surface area contributed by atoms with Crippen LogP contribution in [-0.4, -0.2) is 27.4 Å². The predicted molar refractivity (Wildman–Crippen MR) is 101 cm³/mol. The van der Waals surface area contributed by atoms with Crippen molar-refractivity contribution in [1.29, 1.82) is 0 Å². The third kappa shape index (κ3) is 3.56. The summed E-state index contributed by atoms with van der Waals surface area (Å²) in [6, 6.07) is 10.00. The average Bonchev–Trinajstić information content (AvgIpc) is 2.68. The number of nitrogens with one attached hydrogen (secondary N) is 1. The fourth-order valence-corrected chi connectivity index (χ4v) is 2.68. The molecule has 0 unspecified atom stereocenters. The molecule has 0 aliphatic carbocycles. The minimum Gasteiger partial charge on any atom is -0.462 e. The molecule has 1 aromatic heterocycles. The van der Waals surface area contributed by atoms with Gasteiger partial charge in [-0.3, -0.25) is 25.2 Å². The highest BCUT2D eigenvalue weighted by Gasteiger charge is 2.26. The lowest BCUT2D eigenvalue weighted by Gasteiger charge is -2.11. The Labute approximate surface area is 158 Å². The maximum Gasteiger partial charge on any atom is 0.338 e. The third-order valence-electron chi connectivity index (χ3n) is 3.91. The molecular weight excluding hydrogens is 368 g/mol. The number of carbonyl (C=O) groups is 1. The number of ether oxygens (including phenoxy) is 1. The van der Waals surface area contributed by atoms with E-state index in [9.17, 15) is 25.0 Å². The Morgan fingerprint density at radius 3 is 2.39 bits per heavy atom. The minimum atomic E-state index is -0.712. The number of anilines is 2. The van der Waals surface area contributed by atoms with Gasteiger partial charge in [0.25, 0.3) is 5.69 Å². The van der Waals surface area contributed by atoms with Crippen molar-refractivity contribution in [3.8, 4) is 0 Å². The van der Waals surface area contributed by atoms with Gasteiger partial charge in [0.05, 0.1) is 33.5 Å². The summed E-state index contributed by atoms with van der Waals surface area (Å²) in [5.41, 5.74) is 0.00358. The van der Waals surface area contributed by atoms with Gasteiger partial charge in [-0.2, -0.15) is 0 Å². The van der Waals surface area contributed by atoms with Crippen molar-refractivity contribution < 1.29 is 19.4 Å². The third-order valence-corrected chi connectivity index (χ3v) is 3.91. The van der Waals surface area contributed by atoms with Crippen LogP contribution in [0.3, 0.4) is 0 Å². The molecule has 0 spiro atoms. The number of benzene rings is 2. The zero-order chi connectivity index (χ0) is 20.3. The summed E-state index contributed by atoms with van der Waals surface area (Å²) >= 11 is 0. The summed E-state index contributed by atoms with van der Waals surface area (Å²) in [5.74, 6) is -0.484. The molecule has 0 aliphatic heterocycles. The second kappa shape index (κ2) is 7.66. The first-order chi connectivity index (χ1) is 13.4. The van der Waals surface area contributed by atoms with Gasteiger partial charge in [-0.15, -0.1) is 0 Å². The smallest absolute Gasteiger partial charge is 0.338 e. The van der Waals surface area contributed by atoms with Crippen LogP contribution in [0.1, 0.15) is 17.3 Å². The second-order valence-electron chi connectivity index (χ2n) is 5.63. The molecule has 0 saturated heterocycles. The lowest BCUT2D eigenvalue weighted by molar-refractivity contribution is -0.392. The molecule has 0 saturated carbocycles.